The Morgan fingerprint density at radius 3 is 2.84 bits per heavy atom. The van der Waals surface area contributed by atoms with Gasteiger partial charge in [-0.3, -0.25) is 14.8 Å². The maximum Gasteiger partial charge on any atom is 0.251 e. The van der Waals surface area contributed by atoms with Crippen LogP contribution in [0.15, 0.2) is 73.2 Å². The van der Waals surface area contributed by atoms with E-state index in [0.29, 0.717) is 18.5 Å². The maximum absolute atomic E-state index is 13.5. The third kappa shape index (κ3) is 4.11. The van der Waals surface area contributed by atoms with E-state index >= 15 is 0 Å². The fourth-order valence-corrected chi connectivity index (χ4v) is 3.54. The monoisotopic (exact) mass is 411 g/mol. The molecule has 31 heavy (non-hydrogen) atoms. The first kappa shape index (κ1) is 18.9. The summed E-state index contributed by atoms with van der Waals surface area (Å²) in [6.45, 7) is 0.334. The second-order valence-corrected chi connectivity index (χ2v) is 7.29. The molecule has 0 aliphatic rings. The highest BCUT2D eigenvalue weighted by molar-refractivity contribution is 5.94. The fourth-order valence-electron chi connectivity index (χ4n) is 3.54. The Kier molecular flexibility index (Phi) is 4.84. The third-order valence-electron chi connectivity index (χ3n) is 5.07. The van der Waals surface area contributed by atoms with Gasteiger partial charge in [-0.2, -0.15) is 0 Å². The molecule has 0 saturated heterocycles. The standard InChI is InChI=1S/C24H18FN5O/c25-18-11-17-9-15(1-3-21(17)28-13-18)10-20-12-16(5-7-26-20)24(31)29-14-19-2-4-22-23(30-19)6-8-27-22/h1-9,11-13,27H,10,14H2,(H,29,31). The van der Waals surface area contributed by atoms with Crippen LogP contribution in [0.4, 0.5) is 4.39 Å². The van der Waals surface area contributed by atoms with E-state index in [1.165, 1.54) is 12.3 Å². The Balaban J connectivity index is 1.29. The number of aromatic nitrogens is 4. The molecule has 0 radical (unpaired) electrons. The van der Waals surface area contributed by atoms with E-state index in [9.17, 15) is 9.18 Å². The van der Waals surface area contributed by atoms with E-state index in [-0.39, 0.29) is 11.7 Å². The number of nitrogens with one attached hydrogen (secondary N) is 2. The predicted octanol–water partition coefficient (Wildman–Crippen LogP) is 4.17. The molecule has 0 aliphatic heterocycles. The molecule has 0 atom stereocenters. The highest BCUT2D eigenvalue weighted by Crippen LogP contribution is 2.17. The second kappa shape index (κ2) is 7.95. The number of hydrogen-bond acceptors (Lipinski definition) is 4. The average molecular weight is 411 g/mol. The van der Waals surface area contributed by atoms with E-state index in [1.807, 2.05) is 42.6 Å². The van der Waals surface area contributed by atoms with E-state index in [0.717, 1.165) is 38.9 Å². The molecule has 0 aliphatic carbocycles. The van der Waals surface area contributed by atoms with Gasteiger partial charge in [-0.05, 0) is 54.1 Å². The van der Waals surface area contributed by atoms with Crippen molar-refractivity contribution in [3.8, 4) is 0 Å². The van der Waals surface area contributed by atoms with Crippen molar-refractivity contribution in [2.75, 3.05) is 0 Å². The van der Waals surface area contributed by atoms with E-state index < -0.39 is 0 Å². The highest BCUT2D eigenvalue weighted by Gasteiger charge is 2.09. The second-order valence-electron chi connectivity index (χ2n) is 7.29. The van der Waals surface area contributed by atoms with Crippen LogP contribution in [-0.2, 0) is 13.0 Å². The number of carbonyl (C=O) groups is 1. The zero-order valence-corrected chi connectivity index (χ0v) is 16.5. The van der Waals surface area contributed by atoms with Crippen LogP contribution in [0.5, 0.6) is 0 Å². The summed E-state index contributed by atoms with van der Waals surface area (Å²) in [5.74, 6) is -0.559. The van der Waals surface area contributed by atoms with Gasteiger partial charge in [-0.15, -0.1) is 0 Å². The number of rotatable bonds is 5. The summed E-state index contributed by atoms with van der Waals surface area (Å²) in [5, 5.41) is 3.64. The van der Waals surface area contributed by atoms with Gasteiger partial charge < -0.3 is 10.3 Å². The summed E-state index contributed by atoms with van der Waals surface area (Å²) in [7, 11) is 0. The molecule has 7 heteroatoms. The topological polar surface area (TPSA) is 83.6 Å². The van der Waals surface area contributed by atoms with Crippen molar-refractivity contribution in [3.63, 3.8) is 0 Å². The first-order valence-electron chi connectivity index (χ1n) is 9.84. The van der Waals surface area contributed by atoms with Crippen LogP contribution < -0.4 is 5.32 Å². The number of aromatic amines is 1. The zero-order chi connectivity index (χ0) is 21.2. The maximum atomic E-state index is 13.5. The van der Waals surface area contributed by atoms with Gasteiger partial charge in [0.1, 0.15) is 5.82 Å². The summed E-state index contributed by atoms with van der Waals surface area (Å²) in [4.78, 5) is 28.7. The summed E-state index contributed by atoms with van der Waals surface area (Å²) in [6, 6.07) is 16.3. The van der Waals surface area contributed by atoms with Crippen molar-refractivity contribution in [2.45, 2.75) is 13.0 Å². The largest absolute Gasteiger partial charge is 0.360 e. The molecule has 0 spiro atoms. The Hall–Kier alpha value is -4.13. The van der Waals surface area contributed by atoms with Gasteiger partial charge in [-0.1, -0.05) is 6.07 Å². The van der Waals surface area contributed by atoms with Gasteiger partial charge in [0.05, 0.1) is 35.0 Å². The van der Waals surface area contributed by atoms with Crippen molar-refractivity contribution in [3.05, 3.63) is 102 Å². The molecule has 6 nitrogen and oxygen atoms in total. The summed E-state index contributed by atoms with van der Waals surface area (Å²) in [6.07, 6.45) is 5.19. The Bertz CT molecular complexity index is 1410. The third-order valence-corrected chi connectivity index (χ3v) is 5.07. The lowest BCUT2D eigenvalue weighted by atomic mass is 10.0. The minimum absolute atomic E-state index is 0.190. The van der Waals surface area contributed by atoms with Gasteiger partial charge in [0.2, 0.25) is 0 Å². The molecule has 0 unspecified atom stereocenters. The predicted molar refractivity (Wildman–Crippen MR) is 116 cm³/mol. The van der Waals surface area contributed by atoms with Crippen LogP contribution in [0, 0.1) is 5.82 Å². The molecular formula is C24H18FN5O. The average Bonchev–Trinajstić information content (AvgIpc) is 3.25. The van der Waals surface area contributed by atoms with Crippen LogP contribution in [0.1, 0.15) is 27.3 Å². The molecule has 0 bridgehead atoms. The normalized spacial score (nSPS) is 11.1. The number of benzene rings is 1. The summed E-state index contributed by atoms with van der Waals surface area (Å²) >= 11 is 0. The zero-order valence-electron chi connectivity index (χ0n) is 16.5. The first-order chi connectivity index (χ1) is 15.1. The fraction of sp³-hybridized carbons (Fsp3) is 0.0833. The molecule has 1 aromatic carbocycles. The van der Waals surface area contributed by atoms with Crippen molar-refractivity contribution in [1.29, 1.82) is 0 Å². The van der Waals surface area contributed by atoms with Gasteiger partial charge in [0.15, 0.2) is 0 Å². The molecule has 5 rings (SSSR count). The van der Waals surface area contributed by atoms with Gasteiger partial charge in [0.25, 0.3) is 5.91 Å². The van der Waals surface area contributed by atoms with E-state index in [2.05, 4.69) is 25.3 Å². The molecule has 152 valence electrons. The Labute approximate surface area is 177 Å². The molecule has 4 heterocycles. The number of amides is 1. The molecule has 0 fully saturated rings. The SMILES string of the molecule is O=C(NCc1ccc2[nH]ccc2n1)c1ccnc(Cc2ccc3ncc(F)cc3c2)c1. The minimum Gasteiger partial charge on any atom is -0.360 e. The van der Waals surface area contributed by atoms with Crippen LogP contribution in [0.2, 0.25) is 0 Å². The van der Waals surface area contributed by atoms with E-state index in [1.54, 1.807) is 18.3 Å². The van der Waals surface area contributed by atoms with E-state index in [4.69, 9.17) is 0 Å². The van der Waals surface area contributed by atoms with Crippen molar-refractivity contribution in [1.82, 2.24) is 25.3 Å². The minimum atomic E-state index is -0.369. The van der Waals surface area contributed by atoms with Gasteiger partial charge >= 0.3 is 0 Å². The number of hydrogen-bond donors (Lipinski definition) is 2. The number of nitrogens with zero attached hydrogens (tertiary/aromatic N) is 3. The molecule has 2 N–H and O–H groups in total. The molecular weight excluding hydrogens is 393 g/mol. The highest BCUT2D eigenvalue weighted by atomic mass is 19.1. The van der Waals surface area contributed by atoms with Crippen LogP contribution in [0.25, 0.3) is 21.9 Å². The van der Waals surface area contributed by atoms with Gasteiger partial charge in [0, 0.05) is 35.5 Å². The number of pyridine rings is 3. The Morgan fingerprint density at radius 2 is 1.90 bits per heavy atom. The molecule has 5 aromatic rings. The number of carbonyl (C=O) groups excluding carboxylic acids is 1. The summed E-state index contributed by atoms with van der Waals surface area (Å²) in [5.41, 5.74) is 5.59. The van der Waals surface area contributed by atoms with Crippen molar-refractivity contribution in [2.24, 2.45) is 0 Å². The van der Waals surface area contributed by atoms with Gasteiger partial charge in [-0.25, -0.2) is 9.37 Å². The lowest BCUT2D eigenvalue weighted by Crippen LogP contribution is -2.23. The summed E-state index contributed by atoms with van der Waals surface area (Å²) < 4.78 is 13.5. The molecule has 0 saturated carbocycles. The lowest BCUT2D eigenvalue weighted by molar-refractivity contribution is 0.0950. The smallest absolute Gasteiger partial charge is 0.251 e. The number of halogens is 1. The lowest BCUT2D eigenvalue weighted by Gasteiger charge is -2.07. The molecule has 4 aromatic heterocycles. The van der Waals surface area contributed by atoms with Crippen LogP contribution in [-0.4, -0.2) is 25.8 Å². The van der Waals surface area contributed by atoms with Crippen LogP contribution >= 0.6 is 0 Å². The Morgan fingerprint density at radius 1 is 0.968 bits per heavy atom. The van der Waals surface area contributed by atoms with Crippen molar-refractivity contribution >= 4 is 27.8 Å². The number of H-pyrrole nitrogens is 1. The quantitative estimate of drug-likeness (QED) is 0.455. The first-order valence-corrected chi connectivity index (χ1v) is 9.84. The molecule has 1 amide bonds. The van der Waals surface area contributed by atoms with Crippen LogP contribution in [0.3, 0.4) is 0 Å². The number of fused-ring (bicyclic) bond motifs is 2. The van der Waals surface area contributed by atoms with Crippen molar-refractivity contribution < 1.29 is 9.18 Å².